The molecule has 0 amide bonds. The van der Waals surface area contributed by atoms with Crippen LogP contribution in [0.1, 0.15) is 12.8 Å². The van der Waals surface area contributed by atoms with Crippen molar-refractivity contribution >= 4 is 21.4 Å². The van der Waals surface area contributed by atoms with Crippen molar-refractivity contribution in [3.8, 4) is 0 Å². The highest BCUT2D eigenvalue weighted by molar-refractivity contribution is 7.89. The Labute approximate surface area is 122 Å². The van der Waals surface area contributed by atoms with Crippen LogP contribution < -0.4 is 10.5 Å². The van der Waals surface area contributed by atoms with E-state index in [0.29, 0.717) is 13.2 Å². The lowest BCUT2D eigenvalue weighted by molar-refractivity contribution is -0.387. The second-order valence-corrected chi connectivity index (χ2v) is 6.65. The van der Waals surface area contributed by atoms with Gasteiger partial charge in [-0.1, -0.05) is 0 Å². The SMILES string of the molecule is Nc1ccc(S(=O)(=O)NCC2CCCOC2)c([N+](=O)[O-])c1. The zero-order chi connectivity index (χ0) is 15.5. The van der Waals surface area contributed by atoms with Gasteiger partial charge in [-0.3, -0.25) is 10.1 Å². The Hall–Kier alpha value is -1.71. The molecule has 1 aromatic rings. The molecule has 2 rings (SSSR count). The number of nitro benzene ring substituents is 1. The average molecular weight is 315 g/mol. The molecule has 3 N–H and O–H groups in total. The van der Waals surface area contributed by atoms with E-state index in [-0.39, 0.29) is 23.0 Å². The molecule has 21 heavy (non-hydrogen) atoms. The summed E-state index contributed by atoms with van der Waals surface area (Å²) in [6.07, 6.45) is 1.75. The van der Waals surface area contributed by atoms with E-state index in [1.165, 1.54) is 6.07 Å². The van der Waals surface area contributed by atoms with Gasteiger partial charge in [-0.2, -0.15) is 0 Å². The lowest BCUT2D eigenvalue weighted by Crippen LogP contribution is -2.33. The molecule has 1 aliphatic heterocycles. The Morgan fingerprint density at radius 3 is 2.86 bits per heavy atom. The smallest absolute Gasteiger partial charge is 0.291 e. The molecule has 1 aliphatic rings. The van der Waals surface area contributed by atoms with E-state index in [0.717, 1.165) is 25.0 Å². The van der Waals surface area contributed by atoms with E-state index in [1.807, 2.05) is 0 Å². The number of nitrogen functional groups attached to an aromatic ring is 1. The molecule has 1 saturated heterocycles. The molecule has 0 aromatic heterocycles. The summed E-state index contributed by atoms with van der Waals surface area (Å²) in [5, 5.41) is 11.0. The van der Waals surface area contributed by atoms with Gasteiger partial charge in [-0.15, -0.1) is 0 Å². The summed E-state index contributed by atoms with van der Waals surface area (Å²) in [5.41, 5.74) is 5.08. The molecule has 1 atom stereocenters. The Morgan fingerprint density at radius 1 is 1.48 bits per heavy atom. The third-order valence-corrected chi connectivity index (χ3v) is 4.76. The summed E-state index contributed by atoms with van der Waals surface area (Å²) in [5.74, 6) is 0.0846. The predicted octanol–water partition coefficient (Wildman–Crippen LogP) is 0.882. The maximum absolute atomic E-state index is 12.2. The molecule has 9 heteroatoms. The Morgan fingerprint density at radius 2 is 2.24 bits per heavy atom. The summed E-state index contributed by atoms with van der Waals surface area (Å²) in [6, 6.07) is 3.51. The molecular weight excluding hydrogens is 298 g/mol. The number of rotatable bonds is 5. The third kappa shape index (κ3) is 3.90. The van der Waals surface area contributed by atoms with Crippen molar-refractivity contribution in [3.63, 3.8) is 0 Å². The highest BCUT2D eigenvalue weighted by Gasteiger charge is 2.27. The van der Waals surface area contributed by atoms with Crippen LogP contribution in [0.2, 0.25) is 0 Å². The molecule has 0 saturated carbocycles. The number of benzene rings is 1. The van der Waals surface area contributed by atoms with Crippen molar-refractivity contribution in [2.24, 2.45) is 5.92 Å². The van der Waals surface area contributed by atoms with Crippen LogP contribution in [0.4, 0.5) is 11.4 Å². The van der Waals surface area contributed by atoms with Crippen molar-refractivity contribution in [2.45, 2.75) is 17.7 Å². The van der Waals surface area contributed by atoms with Crippen LogP contribution in [0.15, 0.2) is 23.1 Å². The van der Waals surface area contributed by atoms with E-state index in [4.69, 9.17) is 10.5 Å². The number of nitrogens with zero attached hydrogens (tertiary/aromatic N) is 1. The van der Waals surface area contributed by atoms with Crippen LogP contribution in [0.25, 0.3) is 0 Å². The van der Waals surface area contributed by atoms with Gasteiger partial charge in [0, 0.05) is 24.9 Å². The lowest BCUT2D eigenvalue weighted by atomic mass is 10.0. The fraction of sp³-hybridized carbons (Fsp3) is 0.500. The van der Waals surface area contributed by atoms with Crippen LogP contribution in [0.5, 0.6) is 0 Å². The number of sulfonamides is 1. The Balaban J connectivity index is 2.17. The van der Waals surface area contributed by atoms with Crippen molar-refractivity contribution in [1.29, 1.82) is 0 Å². The molecule has 8 nitrogen and oxygen atoms in total. The first-order chi connectivity index (χ1) is 9.90. The van der Waals surface area contributed by atoms with Gasteiger partial charge in [-0.05, 0) is 30.9 Å². The van der Waals surface area contributed by atoms with Gasteiger partial charge < -0.3 is 10.5 Å². The van der Waals surface area contributed by atoms with Gasteiger partial charge in [0.05, 0.1) is 11.5 Å². The average Bonchev–Trinajstić information content (AvgIpc) is 2.46. The fourth-order valence-corrected chi connectivity index (χ4v) is 3.44. The van der Waals surface area contributed by atoms with E-state index in [1.54, 1.807) is 0 Å². The van der Waals surface area contributed by atoms with Crippen molar-refractivity contribution < 1.29 is 18.1 Å². The van der Waals surface area contributed by atoms with E-state index >= 15 is 0 Å². The molecule has 1 heterocycles. The maximum Gasteiger partial charge on any atom is 0.291 e. The van der Waals surface area contributed by atoms with Gasteiger partial charge in [0.2, 0.25) is 10.0 Å². The topological polar surface area (TPSA) is 125 Å². The molecular formula is C12H17N3O5S. The number of nitrogens with one attached hydrogen (secondary N) is 1. The normalized spacial score (nSPS) is 19.3. The molecule has 1 aromatic carbocycles. The Kier molecular flexibility index (Phi) is 4.76. The van der Waals surface area contributed by atoms with E-state index < -0.39 is 20.6 Å². The second-order valence-electron chi connectivity index (χ2n) is 4.92. The first kappa shape index (κ1) is 15.7. The van der Waals surface area contributed by atoms with Gasteiger partial charge in [0.1, 0.15) is 0 Å². The zero-order valence-electron chi connectivity index (χ0n) is 11.3. The monoisotopic (exact) mass is 315 g/mol. The number of nitrogens with two attached hydrogens (primary N) is 1. The minimum Gasteiger partial charge on any atom is -0.399 e. The zero-order valence-corrected chi connectivity index (χ0v) is 12.1. The van der Waals surface area contributed by atoms with Crippen molar-refractivity contribution in [1.82, 2.24) is 4.72 Å². The van der Waals surface area contributed by atoms with Gasteiger partial charge in [0.15, 0.2) is 4.90 Å². The number of hydrogen-bond acceptors (Lipinski definition) is 6. The van der Waals surface area contributed by atoms with Crippen LogP contribution in [-0.4, -0.2) is 33.1 Å². The minimum absolute atomic E-state index is 0.0846. The van der Waals surface area contributed by atoms with Crippen molar-refractivity contribution in [2.75, 3.05) is 25.5 Å². The molecule has 1 unspecified atom stereocenters. The van der Waals surface area contributed by atoms with Crippen molar-refractivity contribution in [3.05, 3.63) is 28.3 Å². The lowest BCUT2D eigenvalue weighted by Gasteiger charge is -2.22. The van der Waals surface area contributed by atoms with Crippen LogP contribution in [0, 0.1) is 16.0 Å². The summed E-state index contributed by atoms with van der Waals surface area (Å²) in [6.45, 7) is 1.38. The molecule has 0 radical (unpaired) electrons. The predicted molar refractivity (Wildman–Crippen MR) is 76.2 cm³/mol. The summed E-state index contributed by atoms with van der Waals surface area (Å²) >= 11 is 0. The molecule has 1 fully saturated rings. The Bertz CT molecular complexity index is 626. The van der Waals surface area contributed by atoms with Gasteiger partial charge in [-0.25, -0.2) is 13.1 Å². The highest BCUT2D eigenvalue weighted by Crippen LogP contribution is 2.26. The van der Waals surface area contributed by atoms with E-state index in [9.17, 15) is 18.5 Å². The van der Waals surface area contributed by atoms with Gasteiger partial charge >= 0.3 is 0 Å². The number of anilines is 1. The quantitative estimate of drug-likeness (QED) is 0.472. The molecule has 0 bridgehead atoms. The molecule has 0 aliphatic carbocycles. The largest absolute Gasteiger partial charge is 0.399 e. The first-order valence-corrected chi connectivity index (χ1v) is 8.00. The minimum atomic E-state index is -3.95. The summed E-state index contributed by atoms with van der Waals surface area (Å²) < 4.78 is 32.1. The molecule has 0 spiro atoms. The molecule has 116 valence electrons. The summed E-state index contributed by atoms with van der Waals surface area (Å²) in [7, 11) is -3.95. The van der Waals surface area contributed by atoms with Gasteiger partial charge in [0.25, 0.3) is 5.69 Å². The fourth-order valence-electron chi connectivity index (χ4n) is 2.18. The number of hydrogen-bond donors (Lipinski definition) is 2. The standard InChI is InChI=1S/C12H17N3O5S/c13-10-3-4-12(11(6-10)15(16)17)21(18,19)14-7-9-2-1-5-20-8-9/h3-4,6,9,14H,1-2,5,7-8,13H2. The van der Waals surface area contributed by atoms with Crippen LogP contribution in [-0.2, 0) is 14.8 Å². The third-order valence-electron chi connectivity index (χ3n) is 3.29. The summed E-state index contributed by atoms with van der Waals surface area (Å²) in [4.78, 5) is 9.83. The highest BCUT2D eigenvalue weighted by atomic mass is 32.2. The van der Waals surface area contributed by atoms with Crippen LogP contribution >= 0.6 is 0 Å². The van der Waals surface area contributed by atoms with Crippen LogP contribution in [0.3, 0.4) is 0 Å². The van der Waals surface area contributed by atoms with E-state index in [2.05, 4.69) is 4.72 Å². The first-order valence-electron chi connectivity index (χ1n) is 6.51. The maximum atomic E-state index is 12.2. The number of ether oxygens (including phenoxy) is 1. The second kappa shape index (κ2) is 6.37. The number of nitro groups is 1.